The zero-order chi connectivity index (χ0) is 21.9. The molecule has 156 valence electrons. The molecule has 3 aromatic rings. The number of rotatable bonds is 5. The summed E-state index contributed by atoms with van der Waals surface area (Å²) in [5.74, 6) is -1.67. The number of pyridine rings is 2. The molecule has 1 aromatic carbocycles. The van der Waals surface area contributed by atoms with Crippen LogP contribution >= 0.6 is 0 Å². The summed E-state index contributed by atoms with van der Waals surface area (Å²) in [4.78, 5) is 20.3. The van der Waals surface area contributed by atoms with Gasteiger partial charge in [-0.1, -0.05) is 12.1 Å². The van der Waals surface area contributed by atoms with Crippen LogP contribution in [0.5, 0.6) is 0 Å². The van der Waals surface area contributed by atoms with Gasteiger partial charge in [-0.3, -0.25) is 14.8 Å². The maximum Gasteiger partial charge on any atom is 0.418 e. The van der Waals surface area contributed by atoms with Gasteiger partial charge < -0.3 is 0 Å². The molecule has 0 aliphatic carbocycles. The molecular weight excluding hydrogens is 410 g/mol. The second-order valence-electron chi connectivity index (χ2n) is 6.47. The molecule has 0 fully saturated rings. The van der Waals surface area contributed by atoms with Crippen LogP contribution in [-0.4, -0.2) is 15.8 Å². The van der Waals surface area contributed by atoms with Gasteiger partial charge in [0, 0.05) is 36.5 Å². The number of halogens is 6. The van der Waals surface area contributed by atoms with Gasteiger partial charge in [-0.2, -0.15) is 26.3 Å². The van der Waals surface area contributed by atoms with Crippen LogP contribution in [0.2, 0.25) is 0 Å². The molecular formula is C21H14F6N2O. The number of benzene rings is 1. The summed E-state index contributed by atoms with van der Waals surface area (Å²) in [7, 11) is 0. The topological polar surface area (TPSA) is 42.9 Å². The third kappa shape index (κ3) is 4.84. The van der Waals surface area contributed by atoms with E-state index >= 15 is 0 Å². The molecule has 30 heavy (non-hydrogen) atoms. The molecule has 0 radical (unpaired) electrons. The minimum atomic E-state index is -4.74. The minimum Gasteiger partial charge on any atom is -0.294 e. The Morgan fingerprint density at radius 3 is 2.03 bits per heavy atom. The molecule has 0 spiro atoms. The summed E-state index contributed by atoms with van der Waals surface area (Å²) in [6.45, 7) is 0. The van der Waals surface area contributed by atoms with Gasteiger partial charge in [-0.15, -0.1) is 0 Å². The predicted octanol–water partition coefficient (Wildman–Crippen LogP) is 5.92. The van der Waals surface area contributed by atoms with Crippen LogP contribution in [0.15, 0.2) is 67.1 Å². The van der Waals surface area contributed by atoms with Crippen LogP contribution < -0.4 is 0 Å². The number of hydrogen-bond acceptors (Lipinski definition) is 3. The minimum absolute atomic E-state index is 0.120. The summed E-state index contributed by atoms with van der Waals surface area (Å²) in [6, 6.07) is 8.46. The number of carbonyl (C=O) groups excluding carboxylic acids is 1. The van der Waals surface area contributed by atoms with Crippen molar-refractivity contribution in [3.05, 3.63) is 95.1 Å². The van der Waals surface area contributed by atoms with E-state index in [1.807, 2.05) is 0 Å². The Morgan fingerprint density at radius 2 is 1.47 bits per heavy atom. The molecule has 0 aliphatic heterocycles. The maximum atomic E-state index is 13.5. The largest absolute Gasteiger partial charge is 0.418 e. The third-order valence-electron chi connectivity index (χ3n) is 4.51. The SMILES string of the molecule is O=C(C[C@@H](c1ccc(C(F)(F)F)cc1)c1ncccc1C(F)(F)F)c1ccncc1. The summed E-state index contributed by atoms with van der Waals surface area (Å²) in [6.07, 6.45) is -5.87. The zero-order valence-electron chi connectivity index (χ0n) is 15.2. The van der Waals surface area contributed by atoms with E-state index in [1.165, 1.54) is 24.5 Å². The van der Waals surface area contributed by atoms with Crippen molar-refractivity contribution in [3.63, 3.8) is 0 Å². The molecule has 0 amide bonds. The lowest BCUT2D eigenvalue weighted by molar-refractivity contribution is -0.139. The van der Waals surface area contributed by atoms with Crippen molar-refractivity contribution in [1.82, 2.24) is 9.97 Å². The number of hydrogen-bond donors (Lipinski definition) is 0. The van der Waals surface area contributed by atoms with Crippen LogP contribution in [0.4, 0.5) is 26.3 Å². The number of ketones is 1. The summed E-state index contributed by atoms with van der Waals surface area (Å²) in [5, 5.41) is 0. The number of Topliss-reactive ketones (excluding diaryl/α,β-unsaturated/α-hetero) is 1. The molecule has 2 heterocycles. The van der Waals surface area contributed by atoms with Crippen LogP contribution in [0.25, 0.3) is 0 Å². The number of aromatic nitrogens is 2. The van der Waals surface area contributed by atoms with Crippen molar-refractivity contribution in [1.29, 1.82) is 0 Å². The zero-order valence-corrected chi connectivity index (χ0v) is 15.2. The normalized spacial score (nSPS) is 13.1. The van der Waals surface area contributed by atoms with E-state index in [4.69, 9.17) is 0 Å². The molecule has 1 atom stereocenters. The van der Waals surface area contributed by atoms with E-state index in [9.17, 15) is 31.1 Å². The number of nitrogens with zero attached hydrogens (tertiary/aromatic N) is 2. The van der Waals surface area contributed by atoms with Crippen molar-refractivity contribution in [2.24, 2.45) is 0 Å². The van der Waals surface area contributed by atoms with Gasteiger partial charge in [0.15, 0.2) is 5.78 Å². The van der Waals surface area contributed by atoms with Crippen molar-refractivity contribution in [3.8, 4) is 0 Å². The molecule has 0 saturated heterocycles. The van der Waals surface area contributed by atoms with E-state index in [0.29, 0.717) is 0 Å². The molecule has 3 nitrogen and oxygen atoms in total. The Hall–Kier alpha value is -3.23. The number of alkyl halides is 6. The second-order valence-corrected chi connectivity index (χ2v) is 6.47. The first-order valence-electron chi connectivity index (χ1n) is 8.70. The highest BCUT2D eigenvalue weighted by molar-refractivity contribution is 5.96. The van der Waals surface area contributed by atoms with Gasteiger partial charge in [0.2, 0.25) is 0 Å². The van der Waals surface area contributed by atoms with Crippen LogP contribution in [0, 0.1) is 0 Å². The fraction of sp³-hybridized carbons (Fsp3) is 0.190. The highest BCUT2D eigenvalue weighted by Crippen LogP contribution is 2.39. The van der Waals surface area contributed by atoms with E-state index in [0.717, 1.165) is 42.6 Å². The van der Waals surface area contributed by atoms with Gasteiger partial charge in [0.25, 0.3) is 0 Å². The van der Waals surface area contributed by atoms with Gasteiger partial charge in [0.05, 0.1) is 16.8 Å². The van der Waals surface area contributed by atoms with Crippen molar-refractivity contribution in [2.45, 2.75) is 24.7 Å². The fourth-order valence-electron chi connectivity index (χ4n) is 3.05. The molecule has 0 unspecified atom stereocenters. The lowest BCUT2D eigenvalue weighted by Gasteiger charge is -2.21. The van der Waals surface area contributed by atoms with Gasteiger partial charge in [0.1, 0.15) is 0 Å². The van der Waals surface area contributed by atoms with E-state index < -0.39 is 47.3 Å². The standard InChI is InChI=1S/C21H14F6N2O/c22-20(23,24)15-5-3-13(4-6-15)16(12-18(30)14-7-10-28-11-8-14)19-17(21(25,26)27)2-1-9-29-19/h1-11,16H,12H2/t16-/m0/s1. The summed E-state index contributed by atoms with van der Waals surface area (Å²) in [5.41, 5.74) is -2.06. The van der Waals surface area contributed by atoms with Crippen LogP contribution in [0.1, 0.15) is 45.1 Å². The van der Waals surface area contributed by atoms with Crippen molar-refractivity contribution < 1.29 is 31.1 Å². The molecule has 0 saturated carbocycles. The van der Waals surface area contributed by atoms with Gasteiger partial charge >= 0.3 is 12.4 Å². The fourth-order valence-corrected chi connectivity index (χ4v) is 3.05. The Labute approximate surface area is 167 Å². The second kappa shape index (κ2) is 8.25. The summed E-state index contributed by atoms with van der Waals surface area (Å²) >= 11 is 0. The lowest BCUT2D eigenvalue weighted by Crippen LogP contribution is -2.17. The van der Waals surface area contributed by atoms with E-state index in [-0.39, 0.29) is 11.1 Å². The Kier molecular flexibility index (Phi) is 5.91. The highest BCUT2D eigenvalue weighted by atomic mass is 19.4. The monoisotopic (exact) mass is 424 g/mol. The predicted molar refractivity (Wildman–Crippen MR) is 95.7 cm³/mol. The quantitative estimate of drug-likeness (QED) is 0.377. The van der Waals surface area contributed by atoms with Crippen LogP contribution in [0.3, 0.4) is 0 Å². The highest BCUT2D eigenvalue weighted by Gasteiger charge is 2.37. The first-order valence-corrected chi connectivity index (χ1v) is 8.70. The summed E-state index contributed by atoms with van der Waals surface area (Å²) < 4.78 is 79.2. The van der Waals surface area contributed by atoms with Crippen LogP contribution in [-0.2, 0) is 12.4 Å². The average molecular weight is 424 g/mol. The third-order valence-corrected chi connectivity index (χ3v) is 4.51. The van der Waals surface area contributed by atoms with E-state index in [1.54, 1.807) is 0 Å². The molecule has 3 rings (SSSR count). The Balaban J connectivity index is 2.07. The molecule has 0 N–H and O–H groups in total. The lowest BCUT2D eigenvalue weighted by atomic mass is 9.86. The smallest absolute Gasteiger partial charge is 0.294 e. The van der Waals surface area contributed by atoms with Crippen molar-refractivity contribution >= 4 is 5.78 Å². The van der Waals surface area contributed by atoms with Crippen molar-refractivity contribution in [2.75, 3.05) is 0 Å². The Morgan fingerprint density at radius 1 is 0.833 bits per heavy atom. The molecule has 2 aromatic heterocycles. The molecule has 0 aliphatic rings. The Bertz CT molecular complexity index is 1010. The first-order chi connectivity index (χ1) is 14.1. The molecule has 9 heteroatoms. The first kappa shape index (κ1) is 21.5. The van der Waals surface area contributed by atoms with Gasteiger partial charge in [-0.25, -0.2) is 0 Å². The van der Waals surface area contributed by atoms with E-state index in [2.05, 4.69) is 9.97 Å². The average Bonchev–Trinajstić information content (AvgIpc) is 2.71. The van der Waals surface area contributed by atoms with Gasteiger partial charge in [-0.05, 0) is 42.0 Å². The molecule has 0 bridgehead atoms. The maximum absolute atomic E-state index is 13.5. The number of carbonyl (C=O) groups is 1.